The van der Waals surface area contributed by atoms with Crippen molar-refractivity contribution in [2.45, 2.75) is 45.2 Å². The van der Waals surface area contributed by atoms with E-state index in [4.69, 9.17) is 0 Å². The van der Waals surface area contributed by atoms with E-state index in [1.807, 2.05) is 32.0 Å². The summed E-state index contributed by atoms with van der Waals surface area (Å²) in [4.78, 5) is 25.5. The van der Waals surface area contributed by atoms with Gasteiger partial charge in [-0.05, 0) is 61.6 Å². The number of Topliss-reactive ketones (excluding diaryl/α,β-unsaturated/α-hetero) is 1. The Hall–Kier alpha value is -3.51. The van der Waals surface area contributed by atoms with Gasteiger partial charge in [-0.1, -0.05) is 36.0 Å². The van der Waals surface area contributed by atoms with E-state index in [-0.39, 0.29) is 40.6 Å². The molecule has 0 saturated carbocycles. The molecule has 5 nitrogen and oxygen atoms in total. The molecule has 1 atom stereocenters. The zero-order chi connectivity index (χ0) is 26.0. The molecule has 1 aliphatic heterocycles. The van der Waals surface area contributed by atoms with Crippen molar-refractivity contribution in [3.8, 4) is 6.07 Å². The lowest BCUT2D eigenvalue weighted by molar-refractivity contribution is -0.138. The van der Waals surface area contributed by atoms with Crippen molar-refractivity contribution in [2.24, 2.45) is 0 Å². The van der Waals surface area contributed by atoms with Crippen LogP contribution in [0.4, 0.5) is 18.9 Å². The van der Waals surface area contributed by atoms with Crippen LogP contribution >= 0.6 is 11.8 Å². The van der Waals surface area contributed by atoms with Crippen LogP contribution < -0.4 is 10.6 Å². The van der Waals surface area contributed by atoms with Gasteiger partial charge in [-0.15, -0.1) is 0 Å². The predicted octanol–water partition coefficient (Wildman–Crippen LogP) is 6.12. The first kappa shape index (κ1) is 25.6. The van der Waals surface area contributed by atoms with Gasteiger partial charge in [-0.3, -0.25) is 9.59 Å². The minimum Gasteiger partial charge on any atom is -0.352 e. The number of nitriles is 1. The topological polar surface area (TPSA) is 82.0 Å². The van der Waals surface area contributed by atoms with Gasteiger partial charge < -0.3 is 10.6 Å². The van der Waals surface area contributed by atoms with E-state index in [1.54, 1.807) is 6.07 Å². The molecule has 0 aromatic heterocycles. The number of anilines is 1. The Morgan fingerprint density at radius 3 is 2.61 bits per heavy atom. The number of ketones is 1. The van der Waals surface area contributed by atoms with E-state index < -0.39 is 17.7 Å². The third-order valence-corrected chi connectivity index (χ3v) is 7.40. The summed E-state index contributed by atoms with van der Waals surface area (Å²) >= 11 is 1.04. The van der Waals surface area contributed by atoms with Crippen molar-refractivity contribution in [1.29, 1.82) is 5.26 Å². The molecule has 0 radical (unpaired) electrons. The van der Waals surface area contributed by atoms with Crippen LogP contribution in [0.1, 0.15) is 47.4 Å². The van der Waals surface area contributed by atoms with Crippen molar-refractivity contribution >= 4 is 29.1 Å². The second-order valence-corrected chi connectivity index (χ2v) is 9.79. The van der Waals surface area contributed by atoms with Crippen molar-refractivity contribution in [3.05, 3.63) is 86.6 Å². The number of hydrogen-bond donors (Lipinski definition) is 2. The maximum absolute atomic E-state index is 13.9. The number of nitrogens with one attached hydrogen (secondary N) is 2. The standard InChI is InChI=1S/C27H24F3N3O2S/c1-15-10-11-17(12-16(15)2)32-23(35)14-36-26-19(13-31)24(25-21(33-26)8-5-9-22(25)34)18-6-3-4-7-20(18)27(28,29)30/h3-4,6-7,10-12,24,33H,5,8-9,14H2,1-2H3,(H,32,35)/t24-/m0/s1. The average Bonchev–Trinajstić information content (AvgIpc) is 2.83. The van der Waals surface area contributed by atoms with E-state index in [9.17, 15) is 28.0 Å². The van der Waals surface area contributed by atoms with Crippen LogP contribution in [0.15, 0.2) is 64.3 Å². The largest absolute Gasteiger partial charge is 0.416 e. The molecule has 0 fully saturated rings. The van der Waals surface area contributed by atoms with Crippen LogP contribution in [-0.2, 0) is 15.8 Å². The molecule has 1 amide bonds. The fraction of sp³-hybridized carbons (Fsp3) is 0.296. The maximum Gasteiger partial charge on any atom is 0.416 e. The van der Waals surface area contributed by atoms with E-state index in [0.717, 1.165) is 29.0 Å². The van der Waals surface area contributed by atoms with Gasteiger partial charge in [-0.25, -0.2) is 0 Å². The summed E-state index contributed by atoms with van der Waals surface area (Å²) in [6, 6.07) is 12.6. The molecule has 0 unspecified atom stereocenters. The molecule has 0 saturated heterocycles. The van der Waals surface area contributed by atoms with Gasteiger partial charge in [0.2, 0.25) is 5.91 Å². The third kappa shape index (κ3) is 5.19. The summed E-state index contributed by atoms with van der Waals surface area (Å²) in [5.41, 5.74) is 2.46. The maximum atomic E-state index is 13.9. The number of aryl methyl sites for hydroxylation is 2. The first-order valence-electron chi connectivity index (χ1n) is 11.4. The number of benzene rings is 2. The summed E-state index contributed by atoms with van der Waals surface area (Å²) in [5.74, 6) is -1.80. The lowest BCUT2D eigenvalue weighted by atomic mass is 9.75. The second-order valence-electron chi connectivity index (χ2n) is 8.80. The zero-order valence-electron chi connectivity index (χ0n) is 19.8. The summed E-state index contributed by atoms with van der Waals surface area (Å²) in [6.45, 7) is 3.90. The number of thioether (sulfide) groups is 1. The Morgan fingerprint density at radius 1 is 1.17 bits per heavy atom. The molecule has 4 rings (SSSR count). The first-order valence-corrected chi connectivity index (χ1v) is 12.4. The number of nitrogens with zero attached hydrogens (tertiary/aromatic N) is 1. The number of amides is 1. The highest BCUT2D eigenvalue weighted by Crippen LogP contribution is 2.47. The Bertz CT molecular complexity index is 1340. The Morgan fingerprint density at radius 2 is 1.92 bits per heavy atom. The quantitative estimate of drug-likeness (QED) is 0.505. The summed E-state index contributed by atoms with van der Waals surface area (Å²) in [5, 5.41) is 16.2. The molecule has 1 heterocycles. The molecule has 0 spiro atoms. The average molecular weight is 512 g/mol. The van der Waals surface area contributed by atoms with Gasteiger partial charge in [0.1, 0.15) is 0 Å². The highest BCUT2D eigenvalue weighted by Gasteiger charge is 2.42. The number of alkyl halides is 3. The molecule has 2 aromatic carbocycles. The van der Waals surface area contributed by atoms with E-state index in [2.05, 4.69) is 10.6 Å². The first-order chi connectivity index (χ1) is 17.1. The number of carbonyl (C=O) groups is 2. The van der Waals surface area contributed by atoms with Gasteiger partial charge in [0.25, 0.3) is 0 Å². The number of hydrogen-bond acceptors (Lipinski definition) is 5. The van der Waals surface area contributed by atoms with Crippen molar-refractivity contribution in [1.82, 2.24) is 5.32 Å². The molecule has 2 aliphatic rings. The molecule has 2 N–H and O–H groups in total. The number of dihydropyridines is 1. The highest BCUT2D eigenvalue weighted by molar-refractivity contribution is 8.03. The molecular weight excluding hydrogens is 487 g/mol. The van der Waals surface area contributed by atoms with Crippen LogP contribution in [0.2, 0.25) is 0 Å². The smallest absolute Gasteiger partial charge is 0.352 e. The van der Waals surface area contributed by atoms with Crippen molar-refractivity contribution in [3.63, 3.8) is 0 Å². The van der Waals surface area contributed by atoms with Crippen LogP contribution in [0.3, 0.4) is 0 Å². The lowest BCUT2D eigenvalue weighted by Gasteiger charge is -2.34. The predicted molar refractivity (Wildman–Crippen MR) is 133 cm³/mol. The van der Waals surface area contributed by atoms with Gasteiger partial charge in [0, 0.05) is 23.4 Å². The van der Waals surface area contributed by atoms with Gasteiger partial charge in [-0.2, -0.15) is 18.4 Å². The van der Waals surface area contributed by atoms with Gasteiger partial charge in [0.05, 0.1) is 33.9 Å². The zero-order valence-corrected chi connectivity index (χ0v) is 20.6. The summed E-state index contributed by atoms with van der Waals surface area (Å²) in [6.07, 6.45) is -3.40. The molecule has 9 heteroatoms. The lowest BCUT2D eigenvalue weighted by Crippen LogP contribution is -2.32. The highest BCUT2D eigenvalue weighted by atomic mass is 32.2. The Kier molecular flexibility index (Phi) is 7.27. The fourth-order valence-corrected chi connectivity index (χ4v) is 5.37. The Labute approximate surface area is 211 Å². The number of carbonyl (C=O) groups excluding carboxylic acids is 2. The number of rotatable bonds is 5. The SMILES string of the molecule is Cc1ccc(NC(=O)CSC2=C(C#N)[C@H](c3ccccc3C(F)(F)F)C3=C(CCCC3=O)N2)cc1C. The molecule has 36 heavy (non-hydrogen) atoms. The summed E-state index contributed by atoms with van der Waals surface area (Å²) < 4.78 is 41.7. The third-order valence-electron chi connectivity index (χ3n) is 6.38. The van der Waals surface area contributed by atoms with Crippen molar-refractivity contribution in [2.75, 3.05) is 11.1 Å². The van der Waals surface area contributed by atoms with Crippen LogP contribution in [0, 0.1) is 25.2 Å². The van der Waals surface area contributed by atoms with Crippen molar-refractivity contribution < 1.29 is 22.8 Å². The van der Waals surface area contributed by atoms with Crippen LogP contribution in [-0.4, -0.2) is 17.4 Å². The molecule has 186 valence electrons. The number of halogens is 3. The Balaban J connectivity index is 1.68. The normalized spacial score (nSPS) is 17.9. The van der Waals surface area contributed by atoms with Crippen LogP contribution in [0.5, 0.6) is 0 Å². The minimum atomic E-state index is -4.65. The molecular formula is C27H24F3N3O2S. The summed E-state index contributed by atoms with van der Waals surface area (Å²) in [7, 11) is 0. The van der Waals surface area contributed by atoms with Gasteiger partial charge >= 0.3 is 6.18 Å². The fourth-order valence-electron chi connectivity index (χ4n) is 4.51. The number of allylic oxidation sites excluding steroid dienone is 3. The van der Waals surface area contributed by atoms with Gasteiger partial charge in [0.15, 0.2) is 5.78 Å². The second kappa shape index (κ2) is 10.2. The van der Waals surface area contributed by atoms with E-state index in [1.165, 1.54) is 18.2 Å². The monoisotopic (exact) mass is 511 g/mol. The molecule has 1 aliphatic carbocycles. The van der Waals surface area contributed by atoms with E-state index in [0.29, 0.717) is 29.3 Å². The minimum absolute atomic E-state index is 0.00433. The molecule has 2 aromatic rings. The van der Waals surface area contributed by atoms with Crippen LogP contribution in [0.25, 0.3) is 0 Å². The molecule has 0 bridgehead atoms. The van der Waals surface area contributed by atoms with E-state index >= 15 is 0 Å².